The van der Waals surface area contributed by atoms with E-state index in [-0.39, 0.29) is 16.7 Å². The highest BCUT2D eigenvalue weighted by Crippen LogP contribution is 2.23. The van der Waals surface area contributed by atoms with Crippen LogP contribution in [0, 0.1) is 4.77 Å². The number of nitrogens with one attached hydrogen (secondary N) is 2. The van der Waals surface area contributed by atoms with Crippen LogP contribution < -0.4 is 5.32 Å². The molecule has 1 aromatic carbocycles. The maximum absolute atomic E-state index is 12.6. The van der Waals surface area contributed by atoms with Crippen LogP contribution in [0.4, 0.5) is 0 Å². The summed E-state index contributed by atoms with van der Waals surface area (Å²) in [5.41, 5.74) is 1.16. The lowest BCUT2D eigenvalue weighted by atomic mass is 10.3. The van der Waals surface area contributed by atoms with Gasteiger partial charge in [-0.15, -0.1) is 11.3 Å². The van der Waals surface area contributed by atoms with E-state index in [0.717, 1.165) is 26.2 Å². The molecular formula is C17H18N4O3S3. The van der Waals surface area contributed by atoms with E-state index in [1.165, 1.54) is 14.1 Å². The van der Waals surface area contributed by atoms with Crippen LogP contribution in [0.3, 0.4) is 0 Å². The van der Waals surface area contributed by atoms with E-state index in [1.807, 2.05) is 30.3 Å². The SMILES string of the molecule is CN(C)S(=O)(=O)c1ccc(CNC(=O)c2c[nH]c(=S)n2-c2ccccc2)s1. The molecule has 0 aliphatic heterocycles. The van der Waals surface area contributed by atoms with E-state index in [0.29, 0.717) is 10.5 Å². The van der Waals surface area contributed by atoms with Gasteiger partial charge in [-0.1, -0.05) is 18.2 Å². The lowest BCUT2D eigenvalue weighted by Gasteiger charge is -2.09. The van der Waals surface area contributed by atoms with E-state index in [1.54, 1.807) is 22.9 Å². The standard InChI is InChI=1S/C17H18N4O3S3/c1-20(2)27(23,24)15-9-8-13(26-15)10-18-16(22)14-11-19-17(25)21(14)12-6-4-3-5-7-12/h3-9,11H,10H2,1-2H3,(H,18,22)(H,19,25). The third-order valence-electron chi connectivity index (χ3n) is 3.82. The predicted octanol–water partition coefficient (Wildman–Crippen LogP) is 2.78. The van der Waals surface area contributed by atoms with Crippen molar-refractivity contribution in [3.05, 3.63) is 64.0 Å². The van der Waals surface area contributed by atoms with E-state index < -0.39 is 10.0 Å². The normalized spacial score (nSPS) is 11.7. The third-order valence-corrected chi connectivity index (χ3v) is 7.49. The summed E-state index contributed by atoms with van der Waals surface area (Å²) in [4.78, 5) is 16.2. The van der Waals surface area contributed by atoms with Crippen LogP contribution in [0.2, 0.25) is 0 Å². The zero-order valence-electron chi connectivity index (χ0n) is 14.7. The van der Waals surface area contributed by atoms with Crippen molar-refractivity contribution in [2.75, 3.05) is 14.1 Å². The molecule has 10 heteroatoms. The molecule has 0 bridgehead atoms. The molecule has 0 saturated heterocycles. The van der Waals surface area contributed by atoms with Crippen molar-refractivity contribution in [2.24, 2.45) is 0 Å². The van der Waals surface area contributed by atoms with E-state index in [2.05, 4.69) is 10.3 Å². The highest BCUT2D eigenvalue weighted by molar-refractivity contribution is 7.91. The molecule has 2 N–H and O–H groups in total. The van der Waals surface area contributed by atoms with Gasteiger partial charge in [0.1, 0.15) is 9.90 Å². The first kappa shape index (κ1) is 19.5. The van der Waals surface area contributed by atoms with Crippen LogP contribution in [0.5, 0.6) is 0 Å². The minimum absolute atomic E-state index is 0.221. The van der Waals surface area contributed by atoms with Gasteiger partial charge in [0.15, 0.2) is 4.77 Å². The number of rotatable bonds is 6. The summed E-state index contributed by atoms with van der Waals surface area (Å²) < 4.78 is 27.8. The number of carbonyl (C=O) groups is 1. The number of aromatic nitrogens is 2. The van der Waals surface area contributed by atoms with Crippen molar-refractivity contribution in [1.82, 2.24) is 19.2 Å². The number of nitrogens with zero attached hydrogens (tertiary/aromatic N) is 2. The van der Waals surface area contributed by atoms with Crippen molar-refractivity contribution in [3.63, 3.8) is 0 Å². The van der Waals surface area contributed by atoms with Gasteiger partial charge in [0.25, 0.3) is 15.9 Å². The maximum atomic E-state index is 12.6. The molecule has 3 aromatic rings. The summed E-state index contributed by atoms with van der Waals surface area (Å²) in [6.07, 6.45) is 1.56. The Morgan fingerprint density at radius 2 is 1.93 bits per heavy atom. The van der Waals surface area contributed by atoms with Crippen LogP contribution in [0.15, 0.2) is 52.9 Å². The number of hydrogen-bond acceptors (Lipinski definition) is 5. The van der Waals surface area contributed by atoms with Gasteiger partial charge in [-0.2, -0.15) is 0 Å². The first-order valence-corrected chi connectivity index (χ1v) is 10.6. The fraction of sp³-hybridized carbons (Fsp3) is 0.176. The van der Waals surface area contributed by atoms with Crippen molar-refractivity contribution < 1.29 is 13.2 Å². The summed E-state index contributed by atoms with van der Waals surface area (Å²) in [7, 11) is -0.503. The maximum Gasteiger partial charge on any atom is 0.270 e. The summed E-state index contributed by atoms with van der Waals surface area (Å²) in [5, 5.41) is 2.81. The van der Waals surface area contributed by atoms with Crippen molar-refractivity contribution in [1.29, 1.82) is 0 Å². The van der Waals surface area contributed by atoms with Gasteiger partial charge in [-0.25, -0.2) is 12.7 Å². The summed E-state index contributed by atoms with van der Waals surface area (Å²) >= 11 is 6.41. The Kier molecular flexibility index (Phi) is 5.61. The minimum atomic E-state index is -3.47. The topological polar surface area (TPSA) is 87.2 Å². The van der Waals surface area contributed by atoms with Crippen LogP contribution in [-0.2, 0) is 16.6 Å². The Hall–Kier alpha value is -2.27. The average molecular weight is 423 g/mol. The molecule has 3 rings (SSSR count). The van der Waals surface area contributed by atoms with Gasteiger partial charge in [0, 0.05) is 30.9 Å². The third kappa shape index (κ3) is 4.03. The zero-order chi connectivity index (χ0) is 19.6. The number of aromatic amines is 1. The molecule has 7 nitrogen and oxygen atoms in total. The Morgan fingerprint density at radius 3 is 2.59 bits per heavy atom. The average Bonchev–Trinajstić information content (AvgIpc) is 3.27. The molecule has 2 aromatic heterocycles. The molecule has 0 unspecified atom stereocenters. The molecular weight excluding hydrogens is 404 g/mol. The summed E-state index contributed by atoms with van der Waals surface area (Å²) in [6, 6.07) is 12.6. The molecule has 0 radical (unpaired) electrons. The Balaban J connectivity index is 1.77. The molecule has 1 amide bonds. The van der Waals surface area contributed by atoms with Crippen LogP contribution in [-0.4, -0.2) is 42.3 Å². The molecule has 0 spiro atoms. The highest BCUT2D eigenvalue weighted by Gasteiger charge is 2.20. The molecule has 0 fully saturated rings. The Bertz CT molecular complexity index is 1110. The highest BCUT2D eigenvalue weighted by atomic mass is 32.2. The zero-order valence-corrected chi connectivity index (χ0v) is 17.1. The van der Waals surface area contributed by atoms with Crippen molar-refractivity contribution in [3.8, 4) is 5.69 Å². The molecule has 0 saturated carbocycles. The number of imidazole rings is 1. The van der Waals surface area contributed by atoms with Gasteiger partial charge in [0.2, 0.25) is 0 Å². The van der Waals surface area contributed by atoms with Gasteiger partial charge >= 0.3 is 0 Å². The van der Waals surface area contributed by atoms with Crippen LogP contribution in [0.25, 0.3) is 5.69 Å². The fourth-order valence-electron chi connectivity index (χ4n) is 2.40. The number of H-pyrrole nitrogens is 1. The summed E-state index contributed by atoms with van der Waals surface area (Å²) in [6.45, 7) is 0.221. The number of para-hydroxylation sites is 1. The Morgan fingerprint density at radius 1 is 1.22 bits per heavy atom. The molecule has 2 heterocycles. The second-order valence-corrected chi connectivity index (χ2v) is 9.77. The molecule has 142 valence electrons. The molecule has 0 aliphatic carbocycles. The molecule has 27 heavy (non-hydrogen) atoms. The van der Waals surface area contributed by atoms with Gasteiger partial charge in [0.05, 0.1) is 6.54 Å². The first-order chi connectivity index (χ1) is 12.8. The number of thiophene rings is 1. The number of carbonyl (C=O) groups excluding carboxylic acids is 1. The lowest BCUT2D eigenvalue weighted by molar-refractivity contribution is 0.0944. The quantitative estimate of drug-likeness (QED) is 0.598. The smallest absolute Gasteiger partial charge is 0.270 e. The van der Waals surface area contributed by atoms with Crippen molar-refractivity contribution in [2.45, 2.75) is 10.8 Å². The summed E-state index contributed by atoms with van der Waals surface area (Å²) in [5.74, 6) is -0.309. The first-order valence-electron chi connectivity index (χ1n) is 7.96. The number of hydrogen-bond donors (Lipinski definition) is 2. The van der Waals surface area contributed by atoms with Crippen LogP contribution in [0.1, 0.15) is 15.4 Å². The van der Waals surface area contributed by atoms with Crippen molar-refractivity contribution >= 4 is 39.5 Å². The number of sulfonamides is 1. The van der Waals surface area contributed by atoms with Gasteiger partial charge < -0.3 is 10.3 Å². The van der Waals surface area contributed by atoms with E-state index >= 15 is 0 Å². The largest absolute Gasteiger partial charge is 0.346 e. The fourth-order valence-corrected chi connectivity index (χ4v) is 5.13. The second kappa shape index (κ2) is 7.77. The second-order valence-electron chi connectivity index (χ2n) is 5.84. The Labute approximate surface area is 166 Å². The molecule has 0 atom stereocenters. The minimum Gasteiger partial charge on any atom is -0.346 e. The van der Waals surface area contributed by atoms with E-state index in [9.17, 15) is 13.2 Å². The van der Waals surface area contributed by atoms with Gasteiger partial charge in [-0.05, 0) is 36.5 Å². The van der Waals surface area contributed by atoms with Gasteiger partial charge in [-0.3, -0.25) is 9.36 Å². The number of amides is 1. The van der Waals surface area contributed by atoms with Crippen LogP contribution >= 0.6 is 23.6 Å². The molecule has 0 aliphatic rings. The monoisotopic (exact) mass is 422 g/mol. The predicted molar refractivity (Wildman–Crippen MR) is 107 cm³/mol. The number of benzene rings is 1. The lowest BCUT2D eigenvalue weighted by Crippen LogP contribution is -2.24. The van der Waals surface area contributed by atoms with E-state index in [4.69, 9.17) is 12.2 Å².